The Morgan fingerprint density at radius 2 is 1.93 bits per heavy atom. The lowest BCUT2D eigenvalue weighted by molar-refractivity contribution is -0.0312. The molecule has 12 nitrogen and oxygen atoms in total. The molecule has 6 rings (SSSR count). The van der Waals surface area contributed by atoms with Gasteiger partial charge >= 0.3 is 0 Å². The number of aliphatic hydroxyl groups is 1. The molecular weight excluding hydrogens is 596 g/mol. The molecule has 3 aliphatic heterocycles. The lowest BCUT2D eigenvalue weighted by Gasteiger charge is -2.38. The van der Waals surface area contributed by atoms with Crippen molar-refractivity contribution in [3.8, 4) is 11.6 Å². The number of nitrogens with zero attached hydrogens (tertiary/aromatic N) is 3. The molecule has 2 saturated heterocycles. The lowest BCUT2D eigenvalue weighted by atomic mass is 9.88. The van der Waals surface area contributed by atoms with Crippen LogP contribution in [0.4, 0.5) is 5.69 Å². The fourth-order valence-electron chi connectivity index (χ4n) is 6.08. The van der Waals surface area contributed by atoms with Crippen molar-refractivity contribution < 1.29 is 36.2 Å². The fraction of sp³-hybridized carbons (Fsp3) is 0.621. The quantitative estimate of drug-likeness (QED) is 0.371. The predicted octanol–water partition coefficient (Wildman–Crippen LogP) is 1.58. The number of hydrogen-bond acceptors (Lipinski definition) is 11. The maximum absolute atomic E-state index is 13.5. The van der Waals surface area contributed by atoms with E-state index in [0.29, 0.717) is 75.8 Å². The van der Waals surface area contributed by atoms with Crippen LogP contribution >= 0.6 is 0 Å². The van der Waals surface area contributed by atoms with Gasteiger partial charge in [-0.25, -0.2) is 21.8 Å². The molecule has 1 aromatic carbocycles. The summed E-state index contributed by atoms with van der Waals surface area (Å²) in [6.45, 7) is 5.47. The summed E-state index contributed by atoms with van der Waals surface area (Å²) in [5.41, 5.74) is 0.304. The predicted molar refractivity (Wildman–Crippen MR) is 159 cm³/mol. The molecule has 0 amide bonds. The molecule has 4 heterocycles. The van der Waals surface area contributed by atoms with E-state index in [0.717, 1.165) is 13.0 Å². The summed E-state index contributed by atoms with van der Waals surface area (Å²) in [4.78, 5) is 6.78. The maximum Gasteiger partial charge on any atom is 0.244 e. The molecule has 236 valence electrons. The Hall–Kier alpha value is -2.49. The van der Waals surface area contributed by atoms with E-state index < -0.39 is 31.6 Å². The number of hydrogen-bond donors (Lipinski definition) is 2. The molecule has 2 N–H and O–H groups in total. The minimum atomic E-state index is -3.71. The topological polar surface area (TPSA) is 148 Å². The van der Waals surface area contributed by atoms with E-state index in [-0.39, 0.29) is 34.2 Å². The fourth-order valence-corrected chi connectivity index (χ4v) is 9.17. The number of rotatable bonds is 11. The molecular formula is C29H40N4O8S2. The molecule has 1 aliphatic carbocycles. The summed E-state index contributed by atoms with van der Waals surface area (Å²) in [7, 11) is -7.02. The van der Waals surface area contributed by atoms with Crippen LogP contribution in [0.1, 0.15) is 39.0 Å². The highest BCUT2D eigenvalue weighted by Gasteiger charge is 2.45. The highest BCUT2D eigenvalue weighted by Crippen LogP contribution is 2.39. The molecule has 1 spiro atoms. The van der Waals surface area contributed by atoms with E-state index in [4.69, 9.17) is 14.2 Å². The van der Waals surface area contributed by atoms with Crippen molar-refractivity contribution in [1.29, 1.82) is 0 Å². The number of anilines is 1. The first-order chi connectivity index (χ1) is 20.6. The van der Waals surface area contributed by atoms with Crippen LogP contribution in [0.2, 0.25) is 0 Å². The molecule has 43 heavy (non-hydrogen) atoms. The third-order valence-corrected chi connectivity index (χ3v) is 12.9. The Kier molecular flexibility index (Phi) is 8.61. The van der Waals surface area contributed by atoms with Crippen LogP contribution in [-0.4, -0.2) is 107 Å². The summed E-state index contributed by atoms with van der Waals surface area (Å²) >= 11 is 0. The van der Waals surface area contributed by atoms with Gasteiger partial charge in [-0.1, -0.05) is 6.07 Å². The average Bonchev–Trinajstić information content (AvgIpc) is 3.82. The number of sulfone groups is 1. The van der Waals surface area contributed by atoms with Crippen LogP contribution in [0, 0.1) is 0 Å². The minimum Gasteiger partial charge on any atom is -0.491 e. The van der Waals surface area contributed by atoms with Crippen molar-refractivity contribution in [3.05, 3.63) is 36.5 Å². The van der Waals surface area contributed by atoms with Crippen molar-refractivity contribution in [3.63, 3.8) is 0 Å². The van der Waals surface area contributed by atoms with E-state index in [1.165, 1.54) is 16.6 Å². The molecule has 2 atom stereocenters. The number of nitrogens with one attached hydrogen (secondary N) is 1. The van der Waals surface area contributed by atoms with Crippen LogP contribution in [0.5, 0.6) is 11.6 Å². The zero-order valence-corrected chi connectivity index (χ0v) is 26.0. The highest BCUT2D eigenvalue weighted by atomic mass is 32.2. The first kappa shape index (κ1) is 30.5. The summed E-state index contributed by atoms with van der Waals surface area (Å²) in [5, 5.41) is 13.6. The van der Waals surface area contributed by atoms with Crippen molar-refractivity contribution in [2.24, 2.45) is 0 Å². The zero-order chi connectivity index (χ0) is 30.2. The first-order valence-electron chi connectivity index (χ1n) is 15.0. The molecule has 1 unspecified atom stereocenters. The second-order valence-electron chi connectivity index (χ2n) is 11.8. The van der Waals surface area contributed by atoms with Gasteiger partial charge in [0.05, 0.1) is 35.1 Å². The maximum atomic E-state index is 13.5. The minimum absolute atomic E-state index is 0.0190. The number of benzene rings is 1. The Morgan fingerprint density at radius 1 is 1.14 bits per heavy atom. The van der Waals surface area contributed by atoms with Crippen molar-refractivity contribution in [2.75, 3.05) is 57.4 Å². The summed E-state index contributed by atoms with van der Waals surface area (Å²) in [5.74, 6) is 0.876. The van der Waals surface area contributed by atoms with E-state index in [2.05, 4.69) is 15.2 Å². The lowest BCUT2D eigenvalue weighted by Crippen LogP contribution is -2.47. The van der Waals surface area contributed by atoms with Gasteiger partial charge in [0.1, 0.15) is 35.7 Å². The second-order valence-corrected chi connectivity index (χ2v) is 16.0. The van der Waals surface area contributed by atoms with E-state index in [1.807, 2.05) is 6.92 Å². The number of aromatic nitrogens is 1. The first-order valence-corrected chi connectivity index (χ1v) is 18.0. The smallest absolute Gasteiger partial charge is 0.244 e. The normalized spacial score (nSPS) is 23.1. The van der Waals surface area contributed by atoms with Gasteiger partial charge in [-0.05, 0) is 63.3 Å². The van der Waals surface area contributed by atoms with Crippen LogP contribution in [0.25, 0.3) is 0 Å². The van der Waals surface area contributed by atoms with Gasteiger partial charge in [0.25, 0.3) is 0 Å². The standard InChI is InChI=1S/C29H40N4O8S2/c1-2-32-12-13-39-28-27(32)15-26(18-31-28)43(37,38)33-10-8-29(9-11-33)16-21(19-41-29)30-17-22(34)20-40-23-4-3-5-25(14-23)42(35,36)24-6-7-24/h3-5,14-15,18,21-22,24,30,34H,2,6-13,16-17,19-20H2,1H3/t21-,22?/m1/s1. The van der Waals surface area contributed by atoms with E-state index in [9.17, 15) is 21.9 Å². The van der Waals surface area contributed by atoms with Crippen molar-refractivity contribution >= 4 is 25.5 Å². The number of fused-ring (bicyclic) bond motifs is 1. The van der Waals surface area contributed by atoms with Gasteiger partial charge in [0.15, 0.2) is 9.84 Å². The van der Waals surface area contributed by atoms with Crippen LogP contribution < -0.4 is 19.7 Å². The molecule has 14 heteroatoms. The largest absolute Gasteiger partial charge is 0.491 e. The molecule has 1 saturated carbocycles. The number of sulfonamides is 1. The van der Waals surface area contributed by atoms with Crippen molar-refractivity contribution in [1.82, 2.24) is 14.6 Å². The average molecular weight is 637 g/mol. The van der Waals surface area contributed by atoms with Crippen LogP contribution in [-0.2, 0) is 24.6 Å². The van der Waals surface area contributed by atoms with Gasteiger partial charge in [0, 0.05) is 32.2 Å². The molecule has 4 aliphatic rings. The van der Waals surface area contributed by atoms with Crippen LogP contribution in [0.15, 0.2) is 46.3 Å². The second kappa shape index (κ2) is 12.1. The molecule has 2 aromatic rings. The number of piperidine rings is 1. The number of ether oxygens (including phenoxy) is 3. The summed E-state index contributed by atoms with van der Waals surface area (Å²) < 4.78 is 71.0. The Morgan fingerprint density at radius 3 is 2.67 bits per heavy atom. The Balaban J connectivity index is 0.972. The summed E-state index contributed by atoms with van der Waals surface area (Å²) in [6, 6.07) is 8.12. The Bertz CT molecular complexity index is 1520. The van der Waals surface area contributed by atoms with Gasteiger partial charge < -0.3 is 29.5 Å². The van der Waals surface area contributed by atoms with E-state index in [1.54, 1.807) is 24.3 Å². The third-order valence-electron chi connectivity index (χ3n) is 8.79. The number of aliphatic hydroxyl groups excluding tert-OH is 1. The molecule has 3 fully saturated rings. The Labute approximate surface area is 253 Å². The van der Waals surface area contributed by atoms with Crippen LogP contribution in [0.3, 0.4) is 0 Å². The summed E-state index contributed by atoms with van der Waals surface area (Å²) in [6.07, 6.45) is 3.86. The van der Waals surface area contributed by atoms with Gasteiger partial charge in [-0.15, -0.1) is 0 Å². The SMILES string of the molecule is CCN1CCOc2ncc(S(=O)(=O)N3CCC4(CC3)C[C@@H](NCC(O)COc3cccc(S(=O)(=O)C5CC5)c3)CO4)cc21. The zero-order valence-electron chi connectivity index (χ0n) is 24.4. The number of likely N-dealkylation sites (N-methyl/N-ethyl adjacent to an activating group) is 1. The van der Waals surface area contributed by atoms with Crippen molar-refractivity contribution in [2.45, 2.75) is 71.8 Å². The highest BCUT2D eigenvalue weighted by molar-refractivity contribution is 7.92. The van der Waals surface area contributed by atoms with E-state index >= 15 is 0 Å². The number of pyridine rings is 1. The molecule has 0 radical (unpaired) electrons. The molecule has 0 bridgehead atoms. The third kappa shape index (κ3) is 6.50. The molecule has 1 aromatic heterocycles. The van der Waals surface area contributed by atoms with Gasteiger partial charge in [-0.2, -0.15) is 4.31 Å². The van der Waals surface area contributed by atoms with Gasteiger partial charge in [-0.3, -0.25) is 0 Å². The monoisotopic (exact) mass is 636 g/mol. The van der Waals surface area contributed by atoms with Gasteiger partial charge in [0.2, 0.25) is 15.9 Å².